The van der Waals surface area contributed by atoms with Crippen LogP contribution in [0, 0.1) is 6.92 Å². The van der Waals surface area contributed by atoms with Crippen LogP contribution in [0.25, 0.3) is 0 Å². The first-order valence-corrected chi connectivity index (χ1v) is 5.52. The van der Waals surface area contributed by atoms with Crippen molar-refractivity contribution in [2.45, 2.75) is 26.4 Å². The average Bonchev–Trinajstić information content (AvgIpc) is 2.19. The first-order chi connectivity index (χ1) is 6.63. The molecule has 0 unspecified atom stereocenters. The molecule has 0 spiro atoms. The van der Waals surface area contributed by atoms with E-state index in [9.17, 15) is 0 Å². The third-order valence-electron chi connectivity index (χ3n) is 2.15. The summed E-state index contributed by atoms with van der Waals surface area (Å²) in [6.07, 6.45) is 0. The molecule has 1 aromatic carbocycles. The van der Waals surface area contributed by atoms with E-state index in [1.54, 1.807) is 0 Å². The first kappa shape index (κ1) is 11.7. The number of hydrogen-bond acceptors (Lipinski definition) is 2. The van der Waals surface area contributed by atoms with Crippen LogP contribution in [-0.2, 0) is 6.54 Å². The molecule has 0 aromatic heterocycles. The van der Waals surface area contributed by atoms with E-state index in [4.69, 9.17) is 5.11 Å². The molecule has 0 bridgehead atoms. The van der Waals surface area contributed by atoms with Gasteiger partial charge in [0.05, 0.1) is 6.61 Å². The Morgan fingerprint density at radius 1 is 1.50 bits per heavy atom. The molecular weight excluding hydrogens is 242 g/mol. The Kier molecular flexibility index (Phi) is 4.58. The van der Waals surface area contributed by atoms with Gasteiger partial charge < -0.3 is 10.4 Å². The van der Waals surface area contributed by atoms with E-state index >= 15 is 0 Å². The van der Waals surface area contributed by atoms with Crippen LogP contribution in [0.3, 0.4) is 0 Å². The van der Waals surface area contributed by atoms with Gasteiger partial charge in [0.15, 0.2) is 0 Å². The molecule has 3 heteroatoms. The van der Waals surface area contributed by atoms with E-state index in [1.165, 1.54) is 11.1 Å². The van der Waals surface area contributed by atoms with Crippen molar-refractivity contribution in [3.05, 3.63) is 33.8 Å². The third-order valence-corrected chi connectivity index (χ3v) is 3.04. The monoisotopic (exact) mass is 257 g/mol. The zero-order valence-corrected chi connectivity index (χ0v) is 10.1. The topological polar surface area (TPSA) is 32.3 Å². The minimum absolute atomic E-state index is 0.152. The lowest BCUT2D eigenvalue weighted by atomic mass is 10.1. The van der Waals surface area contributed by atoms with Crippen LogP contribution in [0.5, 0.6) is 0 Å². The minimum atomic E-state index is 0.152. The van der Waals surface area contributed by atoms with Crippen LogP contribution in [0.4, 0.5) is 0 Å². The van der Waals surface area contributed by atoms with E-state index < -0.39 is 0 Å². The molecule has 0 fully saturated rings. The fourth-order valence-electron chi connectivity index (χ4n) is 1.17. The summed E-state index contributed by atoms with van der Waals surface area (Å²) < 4.78 is 1.14. The highest BCUT2D eigenvalue weighted by molar-refractivity contribution is 9.10. The van der Waals surface area contributed by atoms with E-state index in [2.05, 4.69) is 46.4 Å². The normalized spacial score (nSPS) is 12.9. The van der Waals surface area contributed by atoms with Crippen molar-refractivity contribution < 1.29 is 5.11 Å². The van der Waals surface area contributed by atoms with Crippen molar-refractivity contribution in [1.29, 1.82) is 0 Å². The average molecular weight is 258 g/mol. The Balaban J connectivity index is 2.55. The van der Waals surface area contributed by atoms with Crippen molar-refractivity contribution >= 4 is 15.9 Å². The van der Waals surface area contributed by atoms with Crippen LogP contribution in [0.15, 0.2) is 22.7 Å². The summed E-state index contributed by atoms with van der Waals surface area (Å²) in [5.74, 6) is 0. The molecule has 2 N–H and O–H groups in total. The van der Waals surface area contributed by atoms with E-state index in [0.717, 1.165) is 11.0 Å². The summed E-state index contributed by atoms with van der Waals surface area (Å²) >= 11 is 3.46. The van der Waals surface area contributed by atoms with Gasteiger partial charge in [0.2, 0.25) is 0 Å². The van der Waals surface area contributed by atoms with Crippen LogP contribution in [-0.4, -0.2) is 17.8 Å². The Morgan fingerprint density at radius 3 is 2.79 bits per heavy atom. The molecule has 1 rings (SSSR count). The first-order valence-electron chi connectivity index (χ1n) is 4.72. The smallest absolute Gasteiger partial charge is 0.0582 e. The summed E-state index contributed by atoms with van der Waals surface area (Å²) in [6.45, 7) is 5.01. The summed E-state index contributed by atoms with van der Waals surface area (Å²) in [7, 11) is 0. The molecule has 0 saturated carbocycles. The summed E-state index contributed by atoms with van der Waals surface area (Å²) in [6, 6.07) is 6.42. The lowest BCUT2D eigenvalue weighted by Crippen LogP contribution is -2.28. The molecule has 0 aliphatic rings. The fraction of sp³-hybridized carbons (Fsp3) is 0.455. The molecule has 14 heavy (non-hydrogen) atoms. The van der Waals surface area contributed by atoms with Crippen molar-refractivity contribution in [1.82, 2.24) is 5.32 Å². The number of benzene rings is 1. The number of rotatable bonds is 4. The zero-order chi connectivity index (χ0) is 10.6. The quantitative estimate of drug-likeness (QED) is 0.868. The van der Waals surface area contributed by atoms with Gasteiger partial charge in [0.25, 0.3) is 0 Å². The van der Waals surface area contributed by atoms with Gasteiger partial charge in [-0.25, -0.2) is 0 Å². The molecule has 78 valence electrons. The molecule has 0 heterocycles. The van der Waals surface area contributed by atoms with Gasteiger partial charge in [-0.1, -0.05) is 28.1 Å². The van der Waals surface area contributed by atoms with E-state index in [1.807, 2.05) is 6.92 Å². The van der Waals surface area contributed by atoms with Crippen LogP contribution in [0.1, 0.15) is 18.1 Å². The molecule has 0 saturated heterocycles. The van der Waals surface area contributed by atoms with Crippen molar-refractivity contribution in [3.8, 4) is 0 Å². The Morgan fingerprint density at radius 2 is 2.21 bits per heavy atom. The molecule has 0 aliphatic carbocycles. The predicted molar refractivity (Wildman–Crippen MR) is 62.3 cm³/mol. The van der Waals surface area contributed by atoms with Gasteiger partial charge in [-0.15, -0.1) is 0 Å². The van der Waals surface area contributed by atoms with Crippen molar-refractivity contribution in [2.75, 3.05) is 6.61 Å². The van der Waals surface area contributed by atoms with E-state index in [0.29, 0.717) is 0 Å². The van der Waals surface area contributed by atoms with Crippen molar-refractivity contribution in [3.63, 3.8) is 0 Å². The Hall–Kier alpha value is -0.380. The molecule has 1 aromatic rings. The Labute approximate surface area is 93.5 Å². The largest absolute Gasteiger partial charge is 0.395 e. The molecular formula is C11H16BrNO. The van der Waals surface area contributed by atoms with Gasteiger partial charge in [-0.05, 0) is 31.0 Å². The standard InChI is InChI=1S/C11H16BrNO/c1-8-5-10(3-4-11(8)12)6-13-9(2)7-14/h3-5,9,13-14H,6-7H2,1-2H3/t9-/m1/s1. The highest BCUT2D eigenvalue weighted by Crippen LogP contribution is 2.16. The van der Waals surface area contributed by atoms with Crippen molar-refractivity contribution in [2.24, 2.45) is 0 Å². The van der Waals surface area contributed by atoms with Gasteiger partial charge in [0.1, 0.15) is 0 Å². The van der Waals surface area contributed by atoms with Gasteiger partial charge in [-0.3, -0.25) is 0 Å². The molecule has 1 atom stereocenters. The highest BCUT2D eigenvalue weighted by Gasteiger charge is 2.00. The van der Waals surface area contributed by atoms with Crippen LogP contribution in [0.2, 0.25) is 0 Å². The van der Waals surface area contributed by atoms with Gasteiger partial charge >= 0.3 is 0 Å². The maximum Gasteiger partial charge on any atom is 0.0582 e. The minimum Gasteiger partial charge on any atom is -0.395 e. The second-order valence-corrected chi connectivity index (χ2v) is 4.40. The van der Waals surface area contributed by atoms with Crippen LogP contribution < -0.4 is 5.32 Å². The number of aryl methyl sites for hydroxylation is 1. The maximum absolute atomic E-state index is 8.84. The predicted octanol–water partition coefficient (Wildman–Crippen LogP) is 2.23. The lowest BCUT2D eigenvalue weighted by Gasteiger charge is -2.11. The summed E-state index contributed by atoms with van der Waals surface area (Å²) in [4.78, 5) is 0. The van der Waals surface area contributed by atoms with E-state index in [-0.39, 0.29) is 12.6 Å². The number of aliphatic hydroxyl groups is 1. The summed E-state index contributed by atoms with van der Waals surface area (Å²) in [5, 5.41) is 12.1. The maximum atomic E-state index is 8.84. The summed E-state index contributed by atoms with van der Waals surface area (Å²) in [5.41, 5.74) is 2.48. The number of halogens is 1. The second kappa shape index (κ2) is 5.49. The fourth-order valence-corrected chi connectivity index (χ4v) is 1.42. The third kappa shape index (κ3) is 3.40. The number of aliphatic hydroxyl groups excluding tert-OH is 1. The molecule has 0 radical (unpaired) electrons. The molecule has 0 aliphatic heterocycles. The zero-order valence-electron chi connectivity index (χ0n) is 8.55. The molecule has 2 nitrogen and oxygen atoms in total. The number of nitrogens with one attached hydrogen (secondary N) is 1. The lowest BCUT2D eigenvalue weighted by molar-refractivity contribution is 0.251. The second-order valence-electron chi connectivity index (χ2n) is 3.55. The highest BCUT2D eigenvalue weighted by atomic mass is 79.9. The number of hydrogen-bond donors (Lipinski definition) is 2. The SMILES string of the molecule is Cc1cc(CN[C@H](C)CO)ccc1Br. The van der Waals surface area contributed by atoms with Crippen LogP contribution >= 0.6 is 15.9 Å². The van der Waals surface area contributed by atoms with Gasteiger partial charge in [0, 0.05) is 17.1 Å². The Bertz CT molecular complexity index is 301. The van der Waals surface area contributed by atoms with Gasteiger partial charge in [-0.2, -0.15) is 0 Å². The molecule has 0 amide bonds.